The van der Waals surface area contributed by atoms with Gasteiger partial charge in [-0.25, -0.2) is 0 Å². The predicted molar refractivity (Wildman–Crippen MR) is 114 cm³/mol. The van der Waals surface area contributed by atoms with Crippen molar-refractivity contribution in [2.24, 2.45) is 0 Å². The minimum Gasteiger partial charge on any atom is -0.508 e. The highest BCUT2D eigenvalue weighted by Crippen LogP contribution is 2.51. The van der Waals surface area contributed by atoms with Crippen LogP contribution in [0.25, 0.3) is 0 Å². The van der Waals surface area contributed by atoms with E-state index in [9.17, 15) is 23.2 Å². The maximum absolute atomic E-state index is 12.9. The normalized spacial score (nSPS) is 13.8. The highest BCUT2D eigenvalue weighted by atomic mass is 35.5. The second kappa shape index (κ2) is 7.87. The third-order valence-electron chi connectivity index (χ3n) is 4.40. The van der Waals surface area contributed by atoms with E-state index in [-0.39, 0.29) is 36.8 Å². The second-order valence-corrected chi connectivity index (χ2v) is 9.28. The number of benzene rings is 3. The van der Waals surface area contributed by atoms with Crippen LogP contribution in [0.1, 0.15) is 16.7 Å². The van der Waals surface area contributed by atoms with Crippen LogP contribution in [0, 0.1) is 0 Å². The van der Waals surface area contributed by atoms with Crippen molar-refractivity contribution in [2.75, 3.05) is 0 Å². The summed E-state index contributed by atoms with van der Waals surface area (Å²) in [5, 5.41) is 20.9. The zero-order chi connectivity index (χ0) is 21.6. The second-order valence-electron chi connectivity index (χ2n) is 6.09. The van der Waals surface area contributed by atoms with Crippen LogP contribution in [-0.4, -0.2) is 23.2 Å². The van der Waals surface area contributed by atoms with Crippen molar-refractivity contribution in [3.63, 3.8) is 0 Å². The highest BCUT2D eigenvalue weighted by molar-refractivity contribution is 7.87. The van der Waals surface area contributed by atoms with E-state index in [0.717, 1.165) is 12.1 Å². The Labute approximate surface area is 186 Å². The minimum atomic E-state index is -5.13. The van der Waals surface area contributed by atoms with Crippen LogP contribution in [0.2, 0.25) is 20.1 Å². The Kier molecular flexibility index (Phi) is 5.98. The molecular formula is C19H12Cl4O5S. The average molecular weight is 494 g/mol. The van der Waals surface area contributed by atoms with Crippen molar-refractivity contribution in [1.82, 2.24) is 0 Å². The molecule has 1 unspecified atom stereocenters. The fraction of sp³-hybridized carbons (Fsp3) is 0.0526. The number of phenolic OH excluding ortho intramolecular Hbond substituents is 2. The van der Waals surface area contributed by atoms with Gasteiger partial charge in [0.25, 0.3) is 10.1 Å². The van der Waals surface area contributed by atoms with Gasteiger partial charge < -0.3 is 10.2 Å². The van der Waals surface area contributed by atoms with Gasteiger partial charge in [-0.15, -0.1) is 0 Å². The molecule has 3 rings (SSSR count). The van der Waals surface area contributed by atoms with Gasteiger partial charge >= 0.3 is 0 Å². The number of para-hydroxylation sites is 1. The number of rotatable bonds is 4. The Bertz CT molecular complexity index is 1190. The first kappa shape index (κ1) is 22.0. The topological polar surface area (TPSA) is 94.8 Å². The lowest BCUT2D eigenvalue weighted by Crippen LogP contribution is -2.38. The van der Waals surface area contributed by atoms with Crippen LogP contribution in [0.4, 0.5) is 0 Å². The number of hydrogen-bond acceptors (Lipinski definition) is 4. The molecule has 10 heteroatoms. The summed E-state index contributed by atoms with van der Waals surface area (Å²) in [6, 6.07) is 11.4. The Morgan fingerprint density at radius 3 is 1.86 bits per heavy atom. The molecule has 0 aliphatic heterocycles. The van der Waals surface area contributed by atoms with E-state index >= 15 is 0 Å². The molecule has 5 nitrogen and oxygen atoms in total. The van der Waals surface area contributed by atoms with E-state index in [0.29, 0.717) is 0 Å². The Morgan fingerprint density at radius 1 is 0.759 bits per heavy atom. The quantitative estimate of drug-likeness (QED) is 0.239. The third-order valence-corrected chi connectivity index (χ3v) is 7.28. The minimum absolute atomic E-state index is 0.0334. The van der Waals surface area contributed by atoms with Crippen molar-refractivity contribution in [3.05, 3.63) is 91.4 Å². The van der Waals surface area contributed by atoms with Gasteiger partial charge in [0, 0.05) is 16.1 Å². The fourth-order valence-corrected chi connectivity index (χ4v) is 5.28. The first-order chi connectivity index (χ1) is 13.5. The Morgan fingerprint density at radius 2 is 1.31 bits per heavy atom. The average Bonchev–Trinajstić information content (AvgIpc) is 2.63. The maximum atomic E-state index is 12.9. The summed E-state index contributed by atoms with van der Waals surface area (Å²) in [4.78, 5) is 0. The van der Waals surface area contributed by atoms with Gasteiger partial charge in [-0.2, -0.15) is 8.42 Å². The summed E-state index contributed by atoms with van der Waals surface area (Å²) in [5.74, 6) is -0.968. The van der Waals surface area contributed by atoms with Crippen molar-refractivity contribution in [3.8, 4) is 11.5 Å². The first-order valence-corrected chi connectivity index (χ1v) is 10.8. The molecule has 3 aromatic carbocycles. The molecule has 0 spiro atoms. The number of halogens is 4. The predicted octanol–water partition coefficient (Wildman–Crippen LogP) is 5.89. The van der Waals surface area contributed by atoms with Gasteiger partial charge in [0.05, 0.1) is 15.1 Å². The molecule has 0 bridgehead atoms. The van der Waals surface area contributed by atoms with Crippen molar-refractivity contribution in [1.29, 1.82) is 0 Å². The smallest absolute Gasteiger partial charge is 0.283 e. The van der Waals surface area contributed by atoms with Gasteiger partial charge in [0.1, 0.15) is 11.5 Å². The summed E-state index contributed by atoms with van der Waals surface area (Å²) in [6.45, 7) is 0. The van der Waals surface area contributed by atoms with E-state index in [2.05, 4.69) is 0 Å². The van der Waals surface area contributed by atoms with E-state index < -0.39 is 26.4 Å². The molecule has 0 fully saturated rings. The maximum Gasteiger partial charge on any atom is 0.283 e. The summed E-state index contributed by atoms with van der Waals surface area (Å²) in [5.41, 5.74) is -0.739. The van der Waals surface area contributed by atoms with E-state index in [1.165, 1.54) is 42.5 Å². The summed E-state index contributed by atoms with van der Waals surface area (Å²) in [7, 11) is -5.13. The van der Waals surface area contributed by atoms with Crippen LogP contribution in [0.15, 0.2) is 54.6 Å². The molecule has 3 N–H and O–H groups in total. The number of aromatic hydroxyl groups is 2. The molecule has 0 aromatic heterocycles. The van der Waals surface area contributed by atoms with Crippen LogP contribution in [0.3, 0.4) is 0 Å². The zero-order valence-corrected chi connectivity index (χ0v) is 18.1. The first-order valence-electron chi connectivity index (χ1n) is 7.89. The SMILES string of the molecule is O=S(=O)(O)C(c1cc(Cl)c(Cl)c(Cl)c1)(c1ccccc1O)c1cc(Cl)ccc1O. The number of hydrogen-bond donors (Lipinski definition) is 3. The summed E-state index contributed by atoms with van der Waals surface area (Å²) < 4.78 is 33.8. The van der Waals surface area contributed by atoms with Crippen LogP contribution in [-0.2, 0) is 14.9 Å². The molecule has 0 heterocycles. The molecular weight excluding hydrogens is 482 g/mol. The van der Waals surface area contributed by atoms with Crippen LogP contribution < -0.4 is 0 Å². The molecule has 152 valence electrons. The highest BCUT2D eigenvalue weighted by Gasteiger charge is 2.52. The zero-order valence-electron chi connectivity index (χ0n) is 14.3. The standard InChI is InChI=1S/C19H12Cl4O5S/c20-11-5-6-17(25)13(9-11)19(29(26,27)28,12-3-1-2-4-16(12)24)10-7-14(21)18(23)15(22)8-10/h1-9,24-25H,(H,26,27,28). The Balaban J connectivity index is 2.63. The van der Waals surface area contributed by atoms with Crippen LogP contribution >= 0.6 is 46.4 Å². The fourth-order valence-electron chi connectivity index (χ4n) is 3.20. The van der Waals surface area contributed by atoms with Gasteiger partial charge in [-0.3, -0.25) is 4.55 Å². The van der Waals surface area contributed by atoms with Gasteiger partial charge in [0.15, 0.2) is 4.75 Å². The molecule has 0 aliphatic rings. The van der Waals surface area contributed by atoms with E-state index in [4.69, 9.17) is 46.4 Å². The molecule has 0 aliphatic carbocycles. The molecule has 0 saturated carbocycles. The van der Waals surface area contributed by atoms with Gasteiger partial charge in [-0.1, -0.05) is 64.6 Å². The molecule has 0 saturated heterocycles. The molecule has 29 heavy (non-hydrogen) atoms. The van der Waals surface area contributed by atoms with Gasteiger partial charge in [0.2, 0.25) is 0 Å². The number of phenols is 2. The molecule has 1 atom stereocenters. The van der Waals surface area contributed by atoms with E-state index in [1.807, 2.05) is 0 Å². The molecule has 0 amide bonds. The summed E-state index contributed by atoms with van der Waals surface area (Å²) >= 11 is 24.3. The molecule has 3 aromatic rings. The van der Waals surface area contributed by atoms with Crippen LogP contribution in [0.5, 0.6) is 11.5 Å². The largest absolute Gasteiger partial charge is 0.508 e. The lowest BCUT2D eigenvalue weighted by molar-refractivity contribution is 0.428. The van der Waals surface area contributed by atoms with Crippen molar-refractivity contribution in [2.45, 2.75) is 4.75 Å². The summed E-state index contributed by atoms with van der Waals surface area (Å²) in [6.07, 6.45) is 0. The van der Waals surface area contributed by atoms with Crippen molar-refractivity contribution >= 4 is 56.5 Å². The van der Waals surface area contributed by atoms with Crippen molar-refractivity contribution < 1.29 is 23.2 Å². The lowest BCUT2D eigenvalue weighted by Gasteiger charge is -2.33. The van der Waals surface area contributed by atoms with Gasteiger partial charge in [-0.05, 0) is 42.0 Å². The lowest BCUT2D eigenvalue weighted by atomic mass is 9.83. The third kappa shape index (κ3) is 3.65. The monoisotopic (exact) mass is 492 g/mol. The Hall–Kier alpha value is -1.67. The van der Waals surface area contributed by atoms with E-state index in [1.54, 1.807) is 0 Å². The molecule has 0 radical (unpaired) electrons.